The Hall–Kier alpha value is -0.410. The van der Waals surface area contributed by atoms with Crippen LogP contribution in [-0.2, 0) is 14.3 Å². The molecule has 76 valence electrons. The van der Waals surface area contributed by atoms with Gasteiger partial charge in [-0.2, -0.15) is 0 Å². The molecular formula is C10H18O3. The number of aldehydes is 1. The summed E-state index contributed by atoms with van der Waals surface area (Å²) >= 11 is 0. The van der Waals surface area contributed by atoms with Crippen molar-refractivity contribution in [3.05, 3.63) is 0 Å². The molecule has 1 aliphatic heterocycles. The molecule has 0 amide bonds. The summed E-state index contributed by atoms with van der Waals surface area (Å²) in [5, 5.41) is 0. The van der Waals surface area contributed by atoms with Gasteiger partial charge >= 0.3 is 0 Å². The summed E-state index contributed by atoms with van der Waals surface area (Å²) in [5.41, 5.74) is 0. The topological polar surface area (TPSA) is 35.5 Å². The lowest BCUT2D eigenvalue weighted by Crippen LogP contribution is -2.20. The highest BCUT2D eigenvalue weighted by atomic mass is 16.7. The van der Waals surface area contributed by atoms with E-state index in [9.17, 15) is 4.79 Å². The van der Waals surface area contributed by atoms with Gasteiger partial charge in [0.05, 0.1) is 13.2 Å². The van der Waals surface area contributed by atoms with Crippen molar-refractivity contribution in [3.63, 3.8) is 0 Å². The molecule has 1 heterocycles. The van der Waals surface area contributed by atoms with E-state index in [2.05, 4.69) is 13.8 Å². The zero-order valence-corrected chi connectivity index (χ0v) is 8.36. The SMILES string of the molecule is CCC(C)C(C=O)CC1OCCO1. The summed E-state index contributed by atoms with van der Waals surface area (Å²) in [7, 11) is 0. The summed E-state index contributed by atoms with van der Waals surface area (Å²) in [6.07, 6.45) is 2.61. The normalized spacial score (nSPS) is 22.9. The first-order valence-corrected chi connectivity index (χ1v) is 4.96. The van der Waals surface area contributed by atoms with E-state index in [1.54, 1.807) is 0 Å². The van der Waals surface area contributed by atoms with E-state index in [1.807, 2.05) is 0 Å². The lowest BCUT2D eigenvalue weighted by Gasteiger charge is -2.19. The Morgan fingerprint density at radius 1 is 1.46 bits per heavy atom. The van der Waals surface area contributed by atoms with Gasteiger partial charge in [-0.3, -0.25) is 0 Å². The van der Waals surface area contributed by atoms with Gasteiger partial charge in [0.25, 0.3) is 0 Å². The molecule has 1 saturated heterocycles. The highest BCUT2D eigenvalue weighted by Crippen LogP contribution is 2.21. The third kappa shape index (κ3) is 3.08. The maximum Gasteiger partial charge on any atom is 0.158 e. The minimum atomic E-state index is -0.149. The van der Waals surface area contributed by atoms with E-state index < -0.39 is 0 Å². The van der Waals surface area contributed by atoms with Crippen LogP contribution in [0.5, 0.6) is 0 Å². The average Bonchev–Trinajstić information content (AvgIpc) is 2.65. The monoisotopic (exact) mass is 186 g/mol. The fourth-order valence-electron chi connectivity index (χ4n) is 1.49. The van der Waals surface area contributed by atoms with Crippen LogP contribution in [-0.4, -0.2) is 25.8 Å². The van der Waals surface area contributed by atoms with Crippen molar-refractivity contribution in [2.24, 2.45) is 11.8 Å². The van der Waals surface area contributed by atoms with Crippen molar-refractivity contribution in [3.8, 4) is 0 Å². The van der Waals surface area contributed by atoms with Gasteiger partial charge in [-0.25, -0.2) is 0 Å². The molecule has 0 N–H and O–H groups in total. The smallest absolute Gasteiger partial charge is 0.158 e. The van der Waals surface area contributed by atoms with Crippen molar-refractivity contribution < 1.29 is 14.3 Å². The minimum Gasteiger partial charge on any atom is -0.350 e. The Balaban J connectivity index is 2.33. The lowest BCUT2D eigenvalue weighted by atomic mass is 9.90. The molecule has 1 rings (SSSR count). The van der Waals surface area contributed by atoms with Gasteiger partial charge in [0, 0.05) is 12.3 Å². The Bertz CT molecular complexity index is 152. The summed E-state index contributed by atoms with van der Waals surface area (Å²) in [6, 6.07) is 0. The second kappa shape index (κ2) is 5.35. The van der Waals surface area contributed by atoms with Crippen LogP contribution in [0.4, 0.5) is 0 Å². The van der Waals surface area contributed by atoms with Crippen molar-refractivity contribution in [2.45, 2.75) is 33.0 Å². The van der Waals surface area contributed by atoms with Crippen LogP contribution >= 0.6 is 0 Å². The molecule has 1 aliphatic rings. The zero-order chi connectivity index (χ0) is 9.68. The molecule has 1 fully saturated rings. The number of hydrogen-bond acceptors (Lipinski definition) is 3. The molecule has 0 radical (unpaired) electrons. The predicted molar refractivity (Wildman–Crippen MR) is 49.3 cm³/mol. The predicted octanol–water partition coefficient (Wildman–Crippen LogP) is 1.61. The third-order valence-corrected chi connectivity index (χ3v) is 2.71. The van der Waals surface area contributed by atoms with E-state index in [-0.39, 0.29) is 12.2 Å². The molecule has 0 aromatic heterocycles. The third-order valence-electron chi connectivity index (χ3n) is 2.71. The average molecular weight is 186 g/mol. The summed E-state index contributed by atoms with van der Waals surface area (Å²) in [4.78, 5) is 10.8. The maximum absolute atomic E-state index is 10.8. The Kier molecular flexibility index (Phi) is 4.39. The van der Waals surface area contributed by atoms with Gasteiger partial charge in [-0.1, -0.05) is 20.3 Å². The van der Waals surface area contributed by atoms with Crippen molar-refractivity contribution in [1.82, 2.24) is 0 Å². The number of hydrogen-bond donors (Lipinski definition) is 0. The van der Waals surface area contributed by atoms with Gasteiger partial charge in [0.2, 0.25) is 0 Å². The highest BCUT2D eigenvalue weighted by Gasteiger charge is 2.23. The first-order valence-electron chi connectivity index (χ1n) is 4.96. The fraction of sp³-hybridized carbons (Fsp3) is 0.900. The van der Waals surface area contributed by atoms with E-state index in [4.69, 9.17) is 9.47 Å². The van der Waals surface area contributed by atoms with E-state index in [1.165, 1.54) is 0 Å². The number of ether oxygens (including phenoxy) is 2. The Morgan fingerprint density at radius 3 is 2.54 bits per heavy atom. The zero-order valence-electron chi connectivity index (χ0n) is 8.36. The molecular weight excluding hydrogens is 168 g/mol. The molecule has 0 aromatic rings. The van der Waals surface area contributed by atoms with Crippen molar-refractivity contribution in [2.75, 3.05) is 13.2 Å². The van der Waals surface area contributed by atoms with Gasteiger partial charge < -0.3 is 14.3 Å². The Morgan fingerprint density at radius 2 is 2.08 bits per heavy atom. The molecule has 0 aromatic carbocycles. The number of carbonyl (C=O) groups is 1. The summed E-state index contributed by atoms with van der Waals surface area (Å²) < 4.78 is 10.6. The first-order chi connectivity index (χ1) is 6.27. The van der Waals surface area contributed by atoms with Crippen LogP contribution in [0.1, 0.15) is 26.7 Å². The highest BCUT2D eigenvalue weighted by molar-refractivity contribution is 5.53. The number of carbonyl (C=O) groups excluding carboxylic acids is 1. The second-order valence-electron chi connectivity index (χ2n) is 3.59. The Labute approximate surface area is 79.4 Å². The molecule has 0 aliphatic carbocycles. The van der Waals surface area contributed by atoms with Gasteiger partial charge in [-0.15, -0.1) is 0 Å². The molecule has 0 spiro atoms. The molecule has 2 atom stereocenters. The molecule has 0 saturated carbocycles. The van der Waals surface area contributed by atoms with Crippen LogP contribution in [0.15, 0.2) is 0 Å². The van der Waals surface area contributed by atoms with E-state index in [0.717, 1.165) is 12.7 Å². The van der Waals surface area contributed by atoms with Gasteiger partial charge in [0.1, 0.15) is 6.29 Å². The standard InChI is InChI=1S/C10H18O3/c1-3-8(2)9(7-11)6-10-12-4-5-13-10/h7-10H,3-6H2,1-2H3. The van der Waals surface area contributed by atoms with E-state index >= 15 is 0 Å². The van der Waals surface area contributed by atoms with Crippen LogP contribution < -0.4 is 0 Å². The van der Waals surface area contributed by atoms with Gasteiger partial charge in [0.15, 0.2) is 6.29 Å². The first kappa shape index (κ1) is 10.7. The lowest BCUT2D eigenvalue weighted by molar-refractivity contribution is -0.117. The van der Waals surface area contributed by atoms with Crippen LogP contribution in [0.2, 0.25) is 0 Å². The maximum atomic E-state index is 10.8. The summed E-state index contributed by atoms with van der Waals surface area (Å²) in [5.74, 6) is 0.499. The van der Waals surface area contributed by atoms with Gasteiger partial charge in [-0.05, 0) is 5.92 Å². The quantitative estimate of drug-likeness (QED) is 0.612. The van der Waals surface area contributed by atoms with Crippen LogP contribution in [0.3, 0.4) is 0 Å². The van der Waals surface area contributed by atoms with Crippen molar-refractivity contribution in [1.29, 1.82) is 0 Å². The molecule has 3 heteroatoms. The molecule has 13 heavy (non-hydrogen) atoms. The minimum absolute atomic E-state index is 0.0769. The largest absolute Gasteiger partial charge is 0.350 e. The van der Waals surface area contributed by atoms with Crippen LogP contribution in [0, 0.1) is 11.8 Å². The number of rotatable bonds is 5. The van der Waals surface area contributed by atoms with E-state index in [0.29, 0.717) is 25.6 Å². The molecule has 2 unspecified atom stereocenters. The van der Waals surface area contributed by atoms with Crippen molar-refractivity contribution >= 4 is 6.29 Å². The molecule has 0 bridgehead atoms. The molecule has 3 nitrogen and oxygen atoms in total. The fourth-order valence-corrected chi connectivity index (χ4v) is 1.49. The summed E-state index contributed by atoms with van der Waals surface area (Å²) in [6.45, 7) is 5.51. The van der Waals surface area contributed by atoms with Crippen LogP contribution in [0.25, 0.3) is 0 Å². The second-order valence-corrected chi connectivity index (χ2v) is 3.59.